The van der Waals surface area contributed by atoms with Gasteiger partial charge in [0, 0.05) is 4.88 Å². The summed E-state index contributed by atoms with van der Waals surface area (Å²) in [5.41, 5.74) is 5.58. The number of carbonyl (C=O) groups excluding carboxylic acids is 2. The van der Waals surface area contributed by atoms with E-state index in [1.54, 1.807) is 6.92 Å². The third-order valence-corrected chi connectivity index (χ3v) is 5.76. The van der Waals surface area contributed by atoms with Crippen molar-refractivity contribution < 1.29 is 27.5 Å². The molecule has 1 aromatic carbocycles. The van der Waals surface area contributed by atoms with Gasteiger partial charge in [-0.05, 0) is 56.4 Å². The predicted octanol–water partition coefficient (Wildman–Crippen LogP) is 5.04. The molecule has 2 amide bonds. The number of benzene rings is 1. The van der Waals surface area contributed by atoms with E-state index in [1.165, 1.54) is 23.5 Å². The molecule has 2 aromatic rings. The minimum absolute atomic E-state index is 0.0496. The van der Waals surface area contributed by atoms with Gasteiger partial charge in [0.15, 0.2) is 0 Å². The minimum Gasteiger partial charge on any atom is -0.462 e. The zero-order chi connectivity index (χ0) is 20.5. The predicted molar refractivity (Wildman–Crippen MR) is 100 cm³/mol. The van der Waals surface area contributed by atoms with E-state index < -0.39 is 23.7 Å². The van der Waals surface area contributed by atoms with E-state index in [2.05, 4.69) is 0 Å². The van der Waals surface area contributed by atoms with Gasteiger partial charge in [-0.1, -0.05) is 6.07 Å². The van der Waals surface area contributed by atoms with Crippen LogP contribution in [0.15, 0.2) is 24.3 Å². The molecule has 0 unspecified atom stereocenters. The number of halogens is 3. The topological polar surface area (TPSA) is 72.6 Å². The molecule has 3 rings (SSSR count). The molecule has 2 N–H and O–H groups in total. The van der Waals surface area contributed by atoms with Gasteiger partial charge in [-0.15, -0.1) is 11.3 Å². The number of carbonyl (C=O) groups is 2. The Morgan fingerprint density at radius 3 is 2.61 bits per heavy atom. The van der Waals surface area contributed by atoms with Crippen LogP contribution in [-0.2, 0) is 23.8 Å². The summed E-state index contributed by atoms with van der Waals surface area (Å²) >= 11 is 1.20. The highest BCUT2D eigenvalue weighted by molar-refractivity contribution is 7.17. The van der Waals surface area contributed by atoms with Crippen LogP contribution in [0.4, 0.5) is 28.7 Å². The number of thiophene rings is 1. The van der Waals surface area contributed by atoms with Gasteiger partial charge >= 0.3 is 18.2 Å². The number of primary amides is 1. The fraction of sp³-hybridized carbons (Fsp3) is 0.368. The van der Waals surface area contributed by atoms with Gasteiger partial charge in [0.05, 0.1) is 23.4 Å². The second kappa shape index (κ2) is 7.83. The van der Waals surface area contributed by atoms with E-state index in [0.29, 0.717) is 6.42 Å². The highest BCUT2D eigenvalue weighted by Crippen LogP contribution is 2.44. The molecule has 1 heterocycles. The zero-order valence-electron chi connectivity index (χ0n) is 15.1. The zero-order valence-corrected chi connectivity index (χ0v) is 16.0. The van der Waals surface area contributed by atoms with Crippen molar-refractivity contribution in [2.75, 3.05) is 11.5 Å². The summed E-state index contributed by atoms with van der Waals surface area (Å²) in [5, 5.41) is 0.206. The number of aryl methyl sites for hydroxylation is 1. The lowest BCUT2D eigenvalue weighted by atomic mass is 9.95. The Morgan fingerprint density at radius 2 is 1.96 bits per heavy atom. The Hall–Kier alpha value is -2.55. The van der Waals surface area contributed by atoms with Crippen LogP contribution < -0.4 is 10.6 Å². The number of nitrogens with zero attached hydrogens (tertiary/aromatic N) is 1. The maximum atomic E-state index is 13.1. The van der Waals surface area contributed by atoms with Gasteiger partial charge < -0.3 is 10.5 Å². The van der Waals surface area contributed by atoms with Gasteiger partial charge in [0.2, 0.25) is 0 Å². The Balaban J connectivity index is 2.17. The van der Waals surface area contributed by atoms with Crippen molar-refractivity contribution in [1.29, 1.82) is 0 Å². The monoisotopic (exact) mass is 412 g/mol. The van der Waals surface area contributed by atoms with E-state index in [9.17, 15) is 22.8 Å². The summed E-state index contributed by atoms with van der Waals surface area (Å²) in [6.45, 7) is 1.80. The summed E-state index contributed by atoms with van der Waals surface area (Å²) < 4.78 is 44.5. The third-order valence-electron chi connectivity index (χ3n) is 4.49. The van der Waals surface area contributed by atoms with Crippen molar-refractivity contribution in [3.8, 4) is 0 Å². The van der Waals surface area contributed by atoms with Crippen molar-refractivity contribution in [3.63, 3.8) is 0 Å². The van der Waals surface area contributed by atoms with Crippen molar-refractivity contribution in [1.82, 2.24) is 0 Å². The summed E-state index contributed by atoms with van der Waals surface area (Å²) in [6, 6.07) is 3.34. The molecule has 0 radical (unpaired) electrons. The molecule has 1 aliphatic carbocycles. The molecule has 0 aliphatic heterocycles. The number of nitrogens with two attached hydrogens (primary N) is 1. The fourth-order valence-electron chi connectivity index (χ4n) is 3.29. The van der Waals surface area contributed by atoms with Crippen molar-refractivity contribution in [2.45, 2.75) is 38.8 Å². The summed E-state index contributed by atoms with van der Waals surface area (Å²) in [4.78, 5) is 26.7. The lowest BCUT2D eigenvalue weighted by molar-refractivity contribution is -0.137. The highest BCUT2D eigenvalue weighted by atomic mass is 32.1. The molecule has 5 nitrogen and oxygen atoms in total. The molecule has 28 heavy (non-hydrogen) atoms. The molecule has 9 heteroatoms. The average Bonchev–Trinajstić information content (AvgIpc) is 3.00. The maximum absolute atomic E-state index is 13.1. The van der Waals surface area contributed by atoms with E-state index in [-0.39, 0.29) is 22.9 Å². The number of ether oxygens (including phenoxy) is 1. The Labute approximate surface area is 163 Å². The van der Waals surface area contributed by atoms with Crippen LogP contribution in [0.25, 0.3) is 0 Å². The maximum Gasteiger partial charge on any atom is 0.416 e. The first-order chi connectivity index (χ1) is 13.2. The van der Waals surface area contributed by atoms with Crippen molar-refractivity contribution >= 4 is 34.0 Å². The third kappa shape index (κ3) is 3.84. The summed E-state index contributed by atoms with van der Waals surface area (Å²) in [7, 11) is 0. The number of amides is 2. The van der Waals surface area contributed by atoms with Crippen LogP contribution in [0.1, 0.15) is 46.1 Å². The van der Waals surface area contributed by atoms with Crippen LogP contribution in [-0.4, -0.2) is 18.6 Å². The molecule has 0 spiro atoms. The number of anilines is 2. The summed E-state index contributed by atoms with van der Waals surface area (Å²) in [6.07, 6.45) is -1.36. The lowest BCUT2D eigenvalue weighted by Gasteiger charge is -2.21. The second-order valence-corrected chi connectivity index (χ2v) is 7.42. The average molecular weight is 412 g/mol. The second-order valence-electron chi connectivity index (χ2n) is 6.33. The van der Waals surface area contributed by atoms with E-state index in [4.69, 9.17) is 10.5 Å². The smallest absolute Gasteiger partial charge is 0.416 e. The van der Waals surface area contributed by atoms with Gasteiger partial charge in [0.1, 0.15) is 5.00 Å². The van der Waals surface area contributed by atoms with Gasteiger partial charge in [-0.25, -0.2) is 9.59 Å². The van der Waals surface area contributed by atoms with Crippen LogP contribution in [0.3, 0.4) is 0 Å². The largest absolute Gasteiger partial charge is 0.462 e. The molecular formula is C19H19F3N2O3S. The number of urea groups is 1. The number of alkyl halides is 3. The molecule has 1 aromatic heterocycles. The molecule has 0 bridgehead atoms. The molecule has 0 saturated heterocycles. The number of esters is 1. The molecule has 150 valence electrons. The Kier molecular flexibility index (Phi) is 5.64. The molecule has 0 fully saturated rings. The van der Waals surface area contributed by atoms with E-state index in [0.717, 1.165) is 46.7 Å². The van der Waals surface area contributed by atoms with Gasteiger partial charge in [0.25, 0.3) is 0 Å². The first-order valence-corrected chi connectivity index (χ1v) is 9.64. The number of hydrogen-bond acceptors (Lipinski definition) is 4. The standard InChI is InChI=1S/C19H19F3N2O3S/c1-2-27-17(25)15-13-8-3-4-9-14(13)28-16(15)24(18(23)26)12-7-5-6-11(10-12)19(20,21)22/h5-7,10H,2-4,8-9H2,1H3,(H2,23,26). The summed E-state index contributed by atoms with van der Waals surface area (Å²) in [5.74, 6) is -0.602. The molecule has 1 aliphatic rings. The fourth-order valence-corrected chi connectivity index (χ4v) is 4.69. The normalized spacial score (nSPS) is 13.7. The highest BCUT2D eigenvalue weighted by Gasteiger charge is 2.34. The minimum atomic E-state index is -4.57. The number of fused-ring (bicyclic) bond motifs is 1. The number of hydrogen-bond donors (Lipinski definition) is 1. The van der Waals surface area contributed by atoms with Gasteiger partial charge in [-0.3, -0.25) is 4.90 Å². The van der Waals surface area contributed by atoms with Crippen molar-refractivity contribution in [3.05, 3.63) is 45.8 Å². The van der Waals surface area contributed by atoms with Crippen LogP contribution >= 0.6 is 11.3 Å². The quantitative estimate of drug-likeness (QED) is 0.715. The van der Waals surface area contributed by atoms with Crippen LogP contribution in [0.2, 0.25) is 0 Å². The molecule has 0 atom stereocenters. The van der Waals surface area contributed by atoms with E-state index >= 15 is 0 Å². The Morgan fingerprint density at radius 1 is 1.25 bits per heavy atom. The first kappa shape index (κ1) is 20.2. The SMILES string of the molecule is CCOC(=O)c1c(N(C(N)=O)c2cccc(C(F)(F)F)c2)sc2c1CCCC2. The lowest BCUT2D eigenvalue weighted by Crippen LogP contribution is -2.32. The van der Waals surface area contributed by atoms with Crippen molar-refractivity contribution in [2.24, 2.45) is 5.73 Å². The van der Waals surface area contributed by atoms with Gasteiger partial charge in [-0.2, -0.15) is 13.2 Å². The Bertz CT molecular complexity index is 908. The van der Waals surface area contributed by atoms with Crippen LogP contribution in [0.5, 0.6) is 0 Å². The van der Waals surface area contributed by atoms with E-state index in [1.807, 2.05) is 0 Å². The number of rotatable bonds is 4. The van der Waals surface area contributed by atoms with Crippen LogP contribution in [0, 0.1) is 0 Å². The first-order valence-electron chi connectivity index (χ1n) is 8.82. The molecule has 0 saturated carbocycles. The molecular weight excluding hydrogens is 393 g/mol.